The lowest BCUT2D eigenvalue weighted by Gasteiger charge is -2.26. The zero-order valence-corrected chi connectivity index (χ0v) is 17.5. The molecule has 0 spiro atoms. The molecule has 2 aromatic carbocycles. The number of aromatic nitrogens is 2. The van der Waals surface area contributed by atoms with E-state index in [1.165, 1.54) is 5.56 Å². The predicted octanol–water partition coefficient (Wildman–Crippen LogP) is 5.51. The Balaban J connectivity index is 1.88. The normalized spacial score (nSPS) is 16.0. The highest BCUT2D eigenvalue weighted by Crippen LogP contribution is 2.45. The van der Waals surface area contributed by atoms with Gasteiger partial charge in [-0.2, -0.15) is 5.10 Å². The number of rotatable bonds is 5. The largest absolute Gasteiger partial charge is 0.507 e. The third-order valence-electron chi connectivity index (χ3n) is 5.46. The highest BCUT2D eigenvalue weighted by atomic mass is 35.5. The minimum atomic E-state index is -0.259. The van der Waals surface area contributed by atoms with Crippen LogP contribution in [0.15, 0.2) is 42.5 Å². The highest BCUT2D eigenvalue weighted by molar-refractivity contribution is 6.31. The lowest BCUT2D eigenvalue weighted by atomic mass is 9.93. The van der Waals surface area contributed by atoms with E-state index in [0.29, 0.717) is 34.4 Å². The summed E-state index contributed by atoms with van der Waals surface area (Å²) in [5.41, 5.74) is 4.62. The van der Waals surface area contributed by atoms with Crippen molar-refractivity contribution in [3.8, 4) is 17.0 Å². The number of nitrogens with one attached hydrogen (secondary N) is 1. The molecule has 6 heteroatoms. The van der Waals surface area contributed by atoms with Gasteiger partial charge in [-0.25, -0.2) is 0 Å². The van der Waals surface area contributed by atoms with E-state index in [0.717, 1.165) is 17.5 Å². The van der Waals surface area contributed by atoms with E-state index < -0.39 is 0 Å². The molecule has 2 heterocycles. The second-order valence-electron chi connectivity index (χ2n) is 7.74. The number of aromatic hydroxyl groups is 1. The first-order chi connectivity index (χ1) is 13.9. The van der Waals surface area contributed by atoms with Gasteiger partial charge in [0.05, 0.1) is 6.04 Å². The second kappa shape index (κ2) is 7.56. The number of hydrogen-bond acceptors (Lipinski definition) is 3. The minimum absolute atomic E-state index is 0.0694. The van der Waals surface area contributed by atoms with E-state index in [1.807, 2.05) is 4.90 Å². The van der Waals surface area contributed by atoms with Crippen molar-refractivity contribution in [1.29, 1.82) is 0 Å². The van der Waals surface area contributed by atoms with Crippen LogP contribution in [0.5, 0.6) is 5.75 Å². The van der Waals surface area contributed by atoms with Gasteiger partial charge in [-0.1, -0.05) is 56.6 Å². The van der Waals surface area contributed by atoms with E-state index in [9.17, 15) is 9.90 Å². The molecule has 1 aromatic heterocycles. The molecule has 1 atom stereocenters. The lowest BCUT2D eigenvalue weighted by Crippen LogP contribution is -2.30. The topological polar surface area (TPSA) is 69.2 Å². The van der Waals surface area contributed by atoms with Crippen molar-refractivity contribution in [2.45, 2.75) is 39.2 Å². The number of benzene rings is 2. The van der Waals surface area contributed by atoms with Crippen molar-refractivity contribution in [2.24, 2.45) is 0 Å². The number of amides is 1. The van der Waals surface area contributed by atoms with Gasteiger partial charge in [-0.3, -0.25) is 9.89 Å². The number of carbonyl (C=O) groups excluding carboxylic acids is 1. The minimum Gasteiger partial charge on any atom is -0.507 e. The van der Waals surface area contributed by atoms with Crippen LogP contribution in [0.1, 0.15) is 66.3 Å². The number of phenols is 1. The Morgan fingerprint density at radius 1 is 1.21 bits per heavy atom. The average Bonchev–Trinajstić information content (AvgIpc) is 3.24. The van der Waals surface area contributed by atoms with E-state index >= 15 is 0 Å². The summed E-state index contributed by atoms with van der Waals surface area (Å²) in [6, 6.07) is 13.0. The molecule has 0 saturated carbocycles. The molecule has 1 aliphatic rings. The monoisotopic (exact) mass is 409 g/mol. The fourth-order valence-corrected chi connectivity index (χ4v) is 4.15. The van der Waals surface area contributed by atoms with Gasteiger partial charge in [0.25, 0.3) is 5.91 Å². The molecular weight excluding hydrogens is 386 g/mol. The van der Waals surface area contributed by atoms with Crippen LogP contribution in [0.2, 0.25) is 5.02 Å². The molecule has 3 aromatic rings. The fraction of sp³-hybridized carbons (Fsp3) is 0.304. The first-order valence-electron chi connectivity index (χ1n) is 9.90. The third-order valence-corrected chi connectivity index (χ3v) is 5.70. The summed E-state index contributed by atoms with van der Waals surface area (Å²) in [5, 5.41) is 18.2. The van der Waals surface area contributed by atoms with E-state index in [2.05, 4.69) is 55.2 Å². The lowest BCUT2D eigenvalue weighted by molar-refractivity contribution is 0.0744. The Morgan fingerprint density at radius 2 is 1.93 bits per heavy atom. The van der Waals surface area contributed by atoms with Gasteiger partial charge in [0.1, 0.15) is 17.1 Å². The van der Waals surface area contributed by atoms with Crippen molar-refractivity contribution in [2.75, 3.05) is 6.54 Å². The van der Waals surface area contributed by atoms with Gasteiger partial charge in [0.15, 0.2) is 0 Å². The maximum absolute atomic E-state index is 13.1. The zero-order chi connectivity index (χ0) is 20.7. The summed E-state index contributed by atoms with van der Waals surface area (Å²) in [6.45, 7) is 7.01. The van der Waals surface area contributed by atoms with Gasteiger partial charge in [-0.05, 0) is 41.7 Å². The summed E-state index contributed by atoms with van der Waals surface area (Å²) in [5.74, 6) is 0.448. The maximum atomic E-state index is 13.1. The Hall–Kier alpha value is -2.79. The standard InChI is InChI=1S/C23H24ClN3O2/c1-4-11-27-22(15-7-5-14(6-8-15)13(2)3)19-20(25-26-21(19)23(27)29)17-12-16(24)9-10-18(17)28/h5-10,12-13,22,28H,4,11H2,1-3H3,(H,25,26). The summed E-state index contributed by atoms with van der Waals surface area (Å²) < 4.78 is 0. The molecule has 0 aliphatic carbocycles. The summed E-state index contributed by atoms with van der Waals surface area (Å²) in [7, 11) is 0. The van der Waals surface area contributed by atoms with Crippen molar-refractivity contribution >= 4 is 17.5 Å². The van der Waals surface area contributed by atoms with Crippen molar-refractivity contribution in [3.63, 3.8) is 0 Å². The van der Waals surface area contributed by atoms with Crippen molar-refractivity contribution in [3.05, 3.63) is 69.9 Å². The maximum Gasteiger partial charge on any atom is 0.273 e. The quantitative estimate of drug-likeness (QED) is 0.583. The molecule has 5 nitrogen and oxygen atoms in total. The molecule has 1 aliphatic heterocycles. The number of H-pyrrole nitrogens is 1. The second-order valence-corrected chi connectivity index (χ2v) is 8.18. The van der Waals surface area contributed by atoms with Crippen molar-refractivity contribution in [1.82, 2.24) is 15.1 Å². The third kappa shape index (κ3) is 3.29. The molecule has 0 bridgehead atoms. The number of phenolic OH excluding ortho intramolecular Hbond substituents is 1. The Labute approximate surface area is 175 Å². The van der Waals surface area contributed by atoms with E-state index in [-0.39, 0.29) is 17.7 Å². The SMILES string of the molecule is CCCN1C(=O)c2[nH]nc(-c3cc(Cl)ccc3O)c2C1c1ccc(C(C)C)cc1. The van der Waals surface area contributed by atoms with E-state index in [4.69, 9.17) is 11.6 Å². The van der Waals surface area contributed by atoms with Crippen LogP contribution in [0.3, 0.4) is 0 Å². The predicted molar refractivity (Wildman–Crippen MR) is 114 cm³/mol. The number of carbonyl (C=O) groups is 1. The average molecular weight is 410 g/mol. The van der Waals surface area contributed by atoms with Crippen LogP contribution in [-0.2, 0) is 0 Å². The van der Waals surface area contributed by atoms with Gasteiger partial charge in [-0.15, -0.1) is 0 Å². The Kier molecular flexibility index (Phi) is 5.09. The number of aromatic amines is 1. The van der Waals surface area contributed by atoms with Crippen LogP contribution < -0.4 is 0 Å². The number of halogens is 1. The Morgan fingerprint density at radius 3 is 2.59 bits per heavy atom. The zero-order valence-electron chi connectivity index (χ0n) is 16.7. The van der Waals surface area contributed by atoms with Crippen LogP contribution in [0, 0.1) is 0 Å². The molecule has 1 amide bonds. The summed E-state index contributed by atoms with van der Waals surface area (Å²) >= 11 is 6.17. The number of hydrogen-bond donors (Lipinski definition) is 2. The van der Waals surface area contributed by atoms with Crippen LogP contribution >= 0.6 is 11.6 Å². The van der Waals surface area contributed by atoms with Gasteiger partial charge in [0.2, 0.25) is 0 Å². The molecule has 29 heavy (non-hydrogen) atoms. The molecule has 0 saturated heterocycles. The van der Waals surface area contributed by atoms with Gasteiger partial charge in [0, 0.05) is 22.7 Å². The molecule has 4 rings (SSSR count). The first kappa shape index (κ1) is 19.5. The molecule has 2 N–H and O–H groups in total. The van der Waals surface area contributed by atoms with Crippen LogP contribution in [-0.4, -0.2) is 32.7 Å². The van der Waals surface area contributed by atoms with Gasteiger partial charge < -0.3 is 10.0 Å². The number of fused-ring (bicyclic) bond motifs is 1. The smallest absolute Gasteiger partial charge is 0.273 e. The number of nitrogens with zero attached hydrogens (tertiary/aromatic N) is 2. The van der Waals surface area contributed by atoms with Gasteiger partial charge >= 0.3 is 0 Å². The van der Waals surface area contributed by atoms with Crippen LogP contribution in [0.4, 0.5) is 0 Å². The van der Waals surface area contributed by atoms with Crippen molar-refractivity contribution < 1.29 is 9.90 Å². The molecule has 0 fully saturated rings. The first-order valence-corrected chi connectivity index (χ1v) is 10.3. The van der Waals surface area contributed by atoms with Crippen LogP contribution in [0.25, 0.3) is 11.3 Å². The Bertz CT molecular complexity index is 1060. The highest BCUT2D eigenvalue weighted by Gasteiger charge is 2.42. The molecular formula is C23H24ClN3O2. The summed E-state index contributed by atoms with van der Waals surface area (Å²) in [6.07, 6.45) is 0.849. The summed E-state index contributed by atoms with van der Waals surface area (Å²) in [4.78, 5) is 15.0. The fourth-order valence-electron chi connectivity index (χ4n) is 3.98. The molecule has 1 unspecified atom stereocenters. The molecule has 150 valence electrons. The van der Waals surface area contributed by atoms with E-state index in [1.54, 1.807) is 18.2 Å². The molecule has 0 radical (unpaired) electrons.